The molecule has 0 unspecified atom stereocenters. The summed E-state index contributed by atoms with van der Waals surface area (Å²) in [5.74, 6) is 0.967. The SMILES string of the molecule is CCCNCc1ccc(OC)cc1O. The second-order valence-corrected chi connectivity index (χ2v) is 3.17. The van der Waals surface area contributed by atoms with Gasteiger partial charge in [-0.25, -0.2) is 0 Å². The van der Waals surface area contributed by atoms with E-state index in [2.05, 4.69) is 12.2 Å². The standard InChI is InChI=1S/C11H17NO2/c1-3-6-12-8-9-4-5-10(14-2)7-11(9)13/h4-5,7,12-13H,3,6,8H2,1-2H3. The van der Waals surface area contributed by atoms with Crippen LogP contribution in [0.3, 0.4) is 0 Å². The summed E-state index contributed by atoms with van der Waals surface area (Å²) in [4.78, 5) is 0. The Morgan fingerprint density at radius 2 is 2.21 bits per heavy atom. The summed E-state index contributed by atoms with van der Waals surface area (Å²) < 4.78 is 5.00. The Labute approximate surface area is 84.7 Å². The molecule has 0 atom stereocenters. The summed E-state index contributed by atoms with van der Waals surface area (Å²) in [6.45, 7) is 3.77. The lowest BCUT2D eigenvalue weighted by molar-refractivity contribution is 0.406. The number of phenolic OH excluding ortho intramolecular Hbond substituents is 1. The number of ether oxygens (including phenoxy) is 1. The van der Waals surface area contributed by atoms with Crippen molar-refractivity contribution in [3.8, 4) is 11.5 Å². The number of rotatable bonds is 5. The molecule has 0 saturated carbocycles. The summed E-state index contributed by atoms with van der Waals surface area (Å²) in [7, 11) is 1.59. The number of nitrogens with one attached hydrogen (secondary N) is 1. The molecule has 14 heavy (non-hydrogen) atoms. The molecule has 0 aliphatic rings. The van der Waals surface area contributed by atoms with Gasteiger partial charge in [0.15, 0.2) is 0 Å². The van der Waals surface area contributed by atoms with Crippen molar-refractivity contribution in [1.82, 2.24) is 5.32 Å². The van der Waals surface area contributed by atoms with Gasteiger partial charge in [-0.3, -0.25) is 0 Å². The Bertz CT molecular complexity index is 287. The first kappa shape index (κ1) is 10.9. The maximum atomic E-state index is 9.60. The van der Waals surface area contributed by atoms with Crippen LogP contribution in [0.25, 0.3) is 0 Å². The first-order valence-electron chi connectivity index (χ1n) is 4.84. The van der Waals surface area contributed by atoms with E-state index in [1.165, 1.54) is 0 Å². The normalized spacial score (nSPS) is 10.1. The van der Waals surface area contributed by atoms with Crippen LogP contribution < -0.4 is 10.1 Å². The van der Waals surface area contributed by atoms with E-state index in [4.69, 9.17) is 4.74 Å². The number of aromatic hydroxyl groups is 1. The van der Waals surface area contributed by atoms with Crippen molar-refractivity contribution in [2.45, 2.75) is 19.9 Å². The van der Waals surface area contributed by atoms with Crippen molar-refractivity contribution in [1.29, 1.82) is 0 Å². The lowest BCUT2D eigenvalue weighted by atomic mass is 10.2. The number of phenols is 1. The van der Waals surface area contributed by atoms with Crippen molar-refractivity contribution in [3.63, 3.8) is 0 Å². The van der Waals surface area contributed by atoms with Crippen LogP contribution in [0.5, 0.6) is 11.5 Å². The summed E-state index contributed by atoms with van der Waals surface area (Å²) in [6.07, 6.45) is 1.09. The molecule has 3 heteroatoms. The highest BCUT2D eigenvalue weighted by molar-refractivity contribution is 5.39. The first-order valence-corrected chi connectivity index (χ1v) is 4.84. The van der Waals surface area contributed by atoms with Gasteiger partial charge in [0.25, 0.3) is 0 Å². The Morgan fingerprint density at radius 3 is 2.79 bits per heavy atom. The Hall–Kier alpha value is -1.22. The fourth-order valence-electron chi connectivity index (χ4n) is 1.22. The monoisotopic (exact) mass is 195 g/mol. The van der Waals surface area contributed by atoms with Crippen molar-refractivity contribution in [2.24, 2.45) is 0 Å². The van der Waals surface area contributed by atoms with E-state index in [1.807, 2.05) is 12.1 Å². The largest absolute Gasteiger partial charge is 0.507 e. The summed E-state index contributed by atoms with van der Waals surface area (Å²) in [5.41, 5.74) is 0.902. The Kier molecular flexibility index (Phi) is 4.26. The Morgan fingerprint density at radius 1 is 1.43 bits per heavy atom. The van der Waals surface area contributed by atoms with Gasteiger partial charge in [0.1, 0.15) is 11.5 Å². The predicted molar refractivity (Wildman–Crippen MR) is 56.7 cm³/mol. The minimum Gasteiger partial charge on any atom is -0.507 e. The fraction of sp³-hybridized carbons (Fsp3) is 0.455. The zero-order valence-corrected chi connectivity index (χ0v) is 8.71. The maximum Gasteiger partial charge on any atom is 0.123 e. The van der Waals surface area contributed by atoms with Crippen LogP contribution in [0.1, 0.15) is 18.9 Å². The molecule has 0 aromatic heterocycles. The molecular weight excluding hydrogens is 178 g/mol. The van der Waals surface area contributed by atoms with Gasteiger partial charge in [-0.05, 0) is 19.0 Å². The van der Waals surface area contributed by atoms with Gasteiger partial charge in [-0.2, -0.15) is 0 Å². The minimum atomic E-state index is 0.285. The molecule has 78 valence electrons. The van der Waals surface area contributed by atoms with Gasteiger partial charge in [0.2, 0.25) is 0 Å². The second kappa shape index (κ2) is 5.50. The predicted octanol–water partition coefficient (Wildman–Crippen LogP) is 1.90. The zero-order chi connectivity index (χ0) is 10.4. The second-order valence-electron chi connectivity index (χ2n) is 3.17. The van der Waals surface area contributed by atoms with Gasteiger partial charge in [-0.1, -0.05) is 13.0 Å². The highest BCUT2D eigenvalue weighted by Crippen LogP contribution is 2.22. The molecular formula is C11H17NO2. The average Bonchev–Trinajstić information content (AvgIpc) is 2.20. The third-order valence-corrected chi connectivity index (χ3v) is 2.03. The van der Waals surface area contributed by atoms with Gasteiger partial charge < -0.3 is 15.2 Å². The van der Waals surface area contributed by atoms with Crippen LogP contribution >= 0.6 is 0 Å². The third-order valence-electron chi connectivity index (χ3n) is 2.03. The van der Waals surface area contributed by atoms with E-state index in [1.54, 1.807) is 13.2 Å². The van der Waals surface area contributed by atoms with E-state index in [0.29, 0.717) is 12.3 Å². The number of hydrogen-bond acceptors (Lipinski definition) is 3. The van der Waals surface area contributed by atoms with E-state index in [0.717, 1.165) is 18.5 Å². The van der Waals surface area contributed by atoms with Crippen LogP contribution in [0.2, 0.25) is 0 Å². The van der Waals surface area contributed by atoms with Gasteiger partial charge in [-0.15, -0.1) is 0 Å². The van der Waals surface area contributed by atoms with Crippen LogP contribution in [-0.2, 0) is 6.54 Å². The van der Waals surface area contributed by atoms with Gasteiger partial charge >= 0.3 is 0 Å². The average molecular weight is 195 g/mol. The summed E-state index contributed by atoms with van der Waals surface area (Å²) in [5, 5.41) is 12.8. The van der Waals surface area contributed by atoms with Crippen LogP contribution in [0.4, 0.5) is 0 Å². The molecule has 0 radical (unpaired) electrons. The van der Waals surface area contributed by atoms with Gasteiger partial charge in [0.05, 0.1) is 7.11 Å². The molecule has 1 aromatic carbocycles. The fourth-order valence-corrected chi connectivity index (χ4v) is 1.22. The summed E-state index contributed by atoms with van der Waals surface area (Å²) in [6, 6.07) is 5.35. The van der Waals surface area contributed by atoms with Crippen molar-refractivity contribution >= 4 is 0 Å². The molecule has 3 nitrogen and oxygen atoms in total. The van der Waals surface area contributed by atoms with E-state index in [9.17, 15) is 5.11 Å². The molecule has 0 spiro atoms. The first-order chi connectivity index (χ1) is 6.77. The maximum absolute atomic E-state index is 9.60. The highest BCUT2D eigenvalue weighted by Gasteiger charge is 2.01. The lowest BCUT2D eigenvalue weighted by Crippen LogP contribution is -2.13. The molecule has 1 rings (SSSR count). The number of methoxy groups -OCH3 is 1. The smallest absolute Gasteiger partial charge is 0.123 e. The quantitative estimate of drug-likeness (QED) is 0.705. The highest BCUT2D eigenvalue weighted by atomic mass is 16.5. The van der Waals surface area contributed by atoms with Crippen molar-refractivity contribution in [3.05, 3.63) is 23.8 Å². The third kappa shape index (κ3) is 2.92. The molecule has 0 aliphatic heterocycles. The van der Waals surface area contributed by atoms with E-state index in [-0.39, 0.29) is 5.75 Å². The molecule has 0 fully saturated rings. The van der Waals surface area contributed by atoms with Crippen LogP contribution in [0.15, 0.2) is 18.2 Å². The minimum absolute atomic E-state index is 0.285. The van der Waals surface area contributed by atoms with Crippen molar-refractivity contribution in [2.75, 3.05) is 13.7 Å². The van der Waals surface area contributed by atoms with Crippen LogP contribution in [0, 0.1) is 0 Å². The van der Waals surface area contributed by atoms with Crippen molar-refractivity contribution < 1.29 is 9.84 Å². The van der Waals surface area contributed by atoms with E-state index >= 15 is 0 Å². The number of benzene rings is 1. The molecule has 0 saturated heterocycles. The Balaban J connectivity index is 2.59. The lowest BCUT2D eigenvalue weighted by Gasteiger charge is -2.07. The molecule has 0 amide bonds. The molecule has 0 heterocycles. The molecule has 1 aromatic rings. The van der Waals surface area contributed by atoms with E-state index < -0.39 is 0 Å². The molecule has 0 bridgehead atoms. The zero-order valence-electron chi connectivity index (χ0n) is 8.71. The van der Waals surface area contributed by atoms with Crippen LogP contribution in [-0.4, -0.2) is 18.8 Å². The molecule has 0 aliphatic carbocycles. The van der Waals surface area contributed by atoms with Gasteiger partial charge in [0, 0.05) is 18.2 Å². The topological polar surface area (TPSA) is 41.5 Å². The summed E-state index contributed by atoms with van der Waals surface area (Å²) >= 11 is 0. The molecule has 2 N–H and O–H groups in total. The number of hydrogen-bond donors (Lipinski definition) is 2.